The Hall–Kier alpha value is -2.41. The molecule has 6 nitrogen and oxygen atoms in total. The minimum atomic E-state index is -0.444. The van der Waals surface area contributed by atoms with E-state index < -0.39 is 10.9 Å². The number of pyridine rings is 1. The quantitative estimate of drug-likeness (QED) is 0.365. The van der Waals surface area contributed by atoms with Crippen LogP contribution in [0.3, 0.4) is 0 Å². The molecule has 1 aromatic heterocycles. The molecule has 0 radical (unpaired) electrons. The lowest BCUT2D eigenvalue weighted by Gasteiger charge is -2.04. The largest absolute Gasteiger partial charge is 0.465 e. The summed E-state index contributed by atoms with van der Waals surface area (Å²) >= 11 is 1.44. The zero-order valence-electron chi connectivity index (χ0n) is 11.2. The van der Waals surface area contributed by atoms with Gasteiger partial charge in [-0.2, -0.15) is 0 Å². The highest BCUT2D eigenvalue weighted by atomic mass is 32.2. The maximum Gasteiger partial charge on any atom is 0.339 e. The number of ether oxygens (including phenoxy) is 1. The number of nitro groups is 1. The summed E-state index contributed by atoms with van der Waals surface area (Å²) in [6.07, 6.45) is 3.07. The molecule has 1 heterocycles. The SMILES string of the molecule is COC(=O)c1cncc(SCc2cccc([N+](=O)[O-])c2)c1. The Morgan fingerprint density at radius 3 is 2.90 bits per heavy atom. The second kappa shape index (κ2) is 6.85. The number of hydrogen-bond acceptors (Lipinski definition) is 6. The zero-order valence-corrected chi connectivity index (χ0v) is 12.0. The number of rotatable bonds is 5. The van der Waals surface area contributed by atoms with E-state index in [0.29, 0.717) is 11.3 Å². The smallest absolute Gasteiger partial charge is 0.339 e. The van der Waals surface area contributed by atoms with Gasteiger partial charge in [0.2, 0.25) is 0 Å². The Morgan fingerprint density at radius 2 is 2.19 bits per heavy atom. The van der Waals surface area contributed by atoms with Crippen LogP contribution in [0.2, 0.25) is 0 Å². The molecule has 0 fully saturated rings. The van der Waals surface area contributed by atoms with Gasteiger partial charge in [0, 0.05) is 35.2 Å². The van der Waals surface area contributed by atoms with E-state index in [1.807, 2.05) is 6.07 Å². The number of esters is 1. The van der Waals surface area contributed by atoms with Crippen LogP contribution < -0.4 is 0 Å². The van der Waals surface area contributed by atoms with Crippen LogP contribution in [0.1, 0.15) is 15.9 Å². The van der Waals surface area contributed by atoms with Crippen molar-refractivity contribution in [3.63, 3.8) is 0 Å². The van der Waals surface area contributed by atoms with Crippen LogP contribution >= 0.6 is 11.8 Å². The molecule has 0 amide bonds. The molecule has 0 aliphatic heterocycles. The number of non-ortho nitro benzene ring substituents is 1. The molecule has 21 heavy (non-hydrogen) atoms. The summed E-state index contributed by atoms with van der Waals surface area (Å²) in [4.78, 5) is 26.5. The van der Waals surface area contributed by atoms with Gasteiger partial charge in [0.1, 0.15) is 0 Å². The molecule has 0 saturated heterocycles. The first-order valence-electron chi connectivity index (χ1n) is 5.99. The number of methoxy groups -OCH3 is 1. The van der Waals surface area contributed by atoms with Gasteiger partial charge in [0.05, 0.1) is 17.6 Å². The van der Waals surface area contributed by atoms with Crippen molar-refractivity contribution in [2.45, 2.75) is 10.6 Å². The molecule has 0 aliphatic carbocycles. The van der Waals surface area contributed by atoms with Crippen molar-refractivity contribution in [1.29, 1.82) is 0 Å². The molecule has 1 aromatic carbocycles. The van der Waals surface area contributed by atoms with Crippen molar-refractivity contribution in [1.82, 2.24) is 4.98 Å². The molecule has 0 N–H and O–H groups in total. The lowest BCUT2D eigenvalue weighted by molar-refractivity contribution is -0.384. The van der Waals surface area contributed by atoms with Gasteiger partial charge in [0.25, 0.3) is 5.69 Å². The first kappa shape index (κ1) is 15.0. The molecule has 0 bridgehead atoms. The highest BCUT2D eigenvalue weighted by Crippen LogP contribution is 2.24. The Bertz CT molecular complexity index is 676. The van der Waals surface area contributed by atoms with Crippen LogP contribution in [0, 0.1) is 10.1 Å². The average Bonchev–Trinajstić information content (AvgIpc) is 2.52. The van der Waals surface area contributed by atoms with Gasteiger partial charge in [-0.15, -0.1) is 11.8 Å². The van der Waals surface area contributed by atoms with E-state index in [9.17, 15) is 14.9 Å². The predicted octanol–water partition coefficient (Wildman–Crippen LogP) is 3.07. The van der Waals surface area contributed by atoms with Crippen molar-refractivity contribution in [2.75, 3.05) is 7.11 Å². The third-order valence-electron chi connectivity index (χ3n) is 2.66. The number of hydrogen-bond donors (Lipinski definition) is 0. The van der Waals surface area contributed by atoms with Crippen molar-refractivity contribution in [2.24, 2.45) is 0 Å². The molecule has 0 spiro atoms. The second-order valence-electron chi connectivity index (χ2n) is 4.12. The van der Waals surface area contributed by atoms with Gasteiger partial charge in [-0.1, -0.05) is 12.1 Å². The zero-order chi connectivity index (χ0) is 15.2. The van der Waals surface area contributed by atoms with Crippen LogP contribution in [0.15, 0.2) is 47.6 Å². The van der Waals surface area contributed by atoms with E-state index in [1.165, 1.54) is 37.2 Å². The van der Waals surface area contributed by atoms with Gasteiger partial charge >= 0.3 is 5.97 Å². The minimum Gasteiger partial charge on any atom is -0.465 e. The summed E-state index contributed by atoms with van der Waals surface area (Å²) in [5, 5.41) is 10.7. The summed E-state index contributed by atoms with van der Waals surface area (Å²) in [6, 6.07) is 8.13. The topological polar surface area (TPSA) is 82.3 Å². The fraction of sp³-hybridized carbons (Fsp3) is 0.143. The van der Waals surface area contributed by atoms with Crippen molar-refractivity contribution >= 4 is 23.4 Å². The van der Waals surface area contributed by atoms with Gasteiger partial charge in [0.15, 0.2) is 0 Å². The first-order valence-corrected chi connectivity index (χ1v) is 6.98. The second-order valence-corrected chi connectivity index (χ2v) is 5.17. The molecule has 0 aliphatic rings. The Balaban J connectivity index is 2.08. The maximum absolute atomic E-state index is 11.4. The lowest BCUT2D eigenvalue weighted by atomic mass is 10.2. The molecule has 2 rings (SSSR count). The van der Waals surface area contributed by atoms with Crippen LogP contribution in [0.5, 0.6) is 0 Å². The van der Waals surface area contributed by atoms with E-state index in [4.69, 9.17) is 0 Å². The van der Waals surface area contributed by atoms with Crippen molar-refractivity contribution in [3.05, 3.63) is 64.0 Å². The maximum atomic E-state index is 11.4. The number of nitrogens with zero attached hydrogens (tertiary/aromatic N) is 2. The lowest BCUT2D eigenvalue weighted by Crippen LogP contribution is -2.01. The highest BCUT2D eigenvalue weighted by molar-refractivity contribution is 7.98. The number of nitro benzene ring substituents is 1. The summed E-state index contributed by atoms with van der Waals surface area (Å²) < 4.78 is 4.63. The number of carbonyl (C=O) groups is 1. The van der Waals surface area contributed by atoms with Crippen molar-refractivity contribution in [3.8, 4) is 0 Å². The summed E-state index contributed by atoms with van der Waals surface area (Å²) in [6.45, 7) is 0. The van der Waals surface area contributed by atoms with E-state index in [0.717, 1.165) is 10.5 Å². The average molecular weight is 304 g/mol. The first-order chi connectivity index (χ1) is 10.1. The molecule has 0 saturated carbocycles. The van der Waals surface area contributed by atoms with Crippen LogP contribution in [0.4, 0.5) is 5.69 Å². The molecule has 0 unspecified atom stereocenters. The molecule has 108 valence electrons. The fourth-order valence-electron chi connectivity index (χ4n) is 1.65. The summed E-state index contributed by atoms with van der Waals surface area (Å²) in [7, 11) is 1.31. The molecular weight excluding hydrogens is 292 g/mol. The number of thioether (sulfide) groups is 1. The van der Waals surface area contributed by atoms with Gasteiger partial charge < -0.3 is 4.74 Å². The molecular formula is C14H12N2O4S. The highest BCUT2D eigenvalue weighted by Gasteiger charge is 2.08. The number of carbonyl (C=O) groups excluding carboxylic acids is 1. The third-order valence-corrected chi connectivity index (χ3v) is 3.70. The van der Waals surface area contributed by atoms with Gasteiger partial charge in [-0.25, -0.2) is 4.79 Å². The number of aromatic nitrogens is 1. The van der Waals surface area contributed by atoms with E-state index in [2.05, 4.69) is 9.72 Å². The standard InChI is InChI=1S/C14H12N2O4S/c1-20-14(17)11-6-13(8-15-7-11)21-9-10-3-2-4-12(5-10)16(18)19/h2-8H,9H2,1H3. The summed E-state index contributed by atoms with van der Waals surface area (Å²) in [5.74, 6) is 0.105. The molecule has 7 heteroatoms. The van der Waals surface area contributed by atoms with E-state index in [-0.39, 0.29) is 5.69 Å². The van der Waals surface area contributed by atoms with Crippen molar-refractivity contribution < 1.29 is 14.5 Å². The molecule has 0 atom stereocenters. The molecule has 2 aromatic rings. The minimum absolute atomic E-state index is 0.0644. The fourth-order valence-corrected chi connectivity index (χ4v) is 2.51. The Morgan fingerprint density at radius 1 is 1.38 bits per heavy atom. The van der Waals surface area contributed by atoms with Gasteiger partial charge in [-0.05, 0) is 11.6 Å². The monoisotopic (exact) mass is 304 g/mol. The summed E-state index contributed by atoms with van der Waals surface area (Å²) in [5.41, 5.74) is 1.27. The van der Waals surface area contributed by atoms with Crippen LogP contribution in [0.25, 0.3) is 0 Å². The number of benzene rings is 1. The normalized spacial score (nSPS) is 10.1. The Labute approximate surface area is 125 Å². The van der Waals surface area contributed by atoms with Gasteiger partial charge in [-0.3, -0.25) is 15.1 Å². The van der Waals surface area contributed by atoms with E-state index in [1.54, 1.807) is 18.3 Å². The van der Waals surface area contributed by atoms with Crippen LogP contribution in [-0.2, 0) is 10.5 Å². The Kier molecular flexibility index (Phi) is 4.89. The van der Waals surface area contributed by atoms with E-state index >= 15 is 0 Å². The third kappa shape index (κ3) is 4.03. The predicted molar refractivity (Wildman–Crippen MR) is 78.2 cm³/mol. The van der Waals surface area contributed by atoms with Crippen LogP contribution in [-0.4, -0.2) is 23.0 Å².